The van der Waals surface area contributed by atoms with Crippen molar-refractivity contribution >= 4 is 17.9 Å². The Morgan fingerprint density at radius 2 is 2.00 bits per heavy atom. The quantitative estimate of drug-likeness (QED) is 0.614. The van der Waals surface area contributed by atoms with Gasteiger partial charge in [-0.15, -0.1) is 0 Å². The van der Waals surface area contributed by atoms with Gasteiger partial charge in [0.2, 0.25) is 6.29 Å². The summed E-state index contributed by atoms with van der Waals surface area (Å²) in [4.78, 5) is 21.3. The summed E-state index contributed by atoms with van der Waals surface area (Å²) >= 11 is 0. The predicted octanol–water partition coefficient (Wildman–Crippen LogP) is 1.15. The molecular formula is C11H13NO4. The number of carbonyl (C=O) groups excluding carboxylic acids is 2. The maximum atomic E-state index is 11.0. The number of anilines is 1. The summed E-state index contributed by atoms with van der Waals surface area (Å²) < 4.78 is 10.2. The smallest absolute Gasteiger partial charge is 0.288 e. The molecule has 0 radical (unpaired) electrons. The van der Waals surface area contributed by atoms with Gasteiger partial charge in [0.15, 0.2) is 0 Å². The van der Waals surface area contributed by atoms with E-state index in [1.807, 2.05) is 0 Å². The summed E-state index contributed by atoms with van der Waals surface area (Å²) in [7, 11) is 3.02. The number of hydrogen-bond acceptors (Lipinski definition) is 4. The molecule has 86 valence electrons. The molecule has 0 saturated heterocycles. The lowest BCUT2D eigenvalue weighted by molar-refractivity contribution is -0.127. The molecule has 1 N–H and O–H groups in total. The van der Waals surface area contributed by atoms with E-state index in [-0.39, 0.29) is 6.29 Å². The van der Waals surface area contributed by atoms with E-state index >= 15 is 0 Å². The lowest BCUT2D eigenvalue weighted by Crippen LogP contribution is -2.14. The van der Waals surface area contributed by atoms with Crippen LogP contribution in [0.3, 0.4) is 0 Å². The summed E-state index contributed by atoms with van der Waals surface area (Å²) in [5.74, 6) is 0.358. The number of nitrogens with one attached hydrogen (secondary N) is 1. The molecule has 0 aliphatic heterocycles. The Bertz CT molecular complexity index is 415. The summed E-state index contributed by atoms with van der Waals surface area (Å²) in [6, 6.07) is 3.37. The molecule has 5 nitrogen and oxygen atoms in total. The number of ether oxygens (including phenoxy) is 2. The number of amides is 1. The van der Waals surface area contributed by atoms with E-state index in [1.54, 1.807) is 19.1 Å². The van der Waals surface area contributed by atoms with Crippen molar-refractivity contribution in [2.24, 2.45) is 0 Å². The van der Waals surface area contributed by atoms with Gasteiger partial charge in [-0.3, -0.25) is 9.59 Å². The Hall–Kier alpha value is -2.04. The van der Waals surface area contributed by atoms with Crippen molar-refractivity contribution in [2.45, 2.75) is 6.92 Å². The van der Waals surface area contributed by atoms with Gasteiger partial charge in [-0.1, -0.05) is 0 Å². The lowest BCUT2D eigenvalue weighted by atomic mass is 10.1. The minimum Gasteiger partial charge on any atom is -0.497 e. The molecule has 1 aromatic rings. The van der Waals surface area contributed by atoms with Crippen molar-refractivity contribution in [1.82, 2.24) is 0 Å². The average Bonchev–Trinajstić information content (AvgIpc) is 2.30. The van der Waals surface area contributed by atoms with Crippen LogP contribution >= 0.6 is 0 Å². The number of rotatable bonds is 4. The first kappa shape index (κ1) is 12.0. The Kier molecular flexibility index (Phi) is 3.88. The zero-order chi connectivity index (χ0) is 12.1. The van der Waals surface area contributed by atoms with Crippen LogP contribution in [0.4, 0.5) is 5.69 Å². The molecular weight excluding hydrogens is 210 g/mol. The molecule has 0 fully saturated rings. The number of benzene rings is 1. The third-order valence-corrected chi connectivity index (χ3v) is 2.08. The van der Waals surface area contributed by atoms with Gasteiger partial charge < -0.3 is 14.8 Å². The molecule has 0 heterocycles. The summed E-state index contributed by atoms with van der Waals surface area (Å²) in [6.07, 6.45) is 0.211. The van der Waals surface area contributed by atoms with Crippen molar-refractivity contribution in [3.63, 3.8) is 0 Å². The van der Waals surface area contributed by atoms with Crippen LogP contribution in [0, 0.1) is 6.92 Å². The summed E-state index contributed by atoms with van der Waals surface area (Å²) in [6.45, 7) is 1.78. The van der Waals surface area contributed by atoms with E-state index < -0.39 is 5.91 Å². The van der Waals surface area contributed by atoms with Crippen LogP contribution in [-0.4, -0.2) is 26.4 Å². The Balaban J connectivity index is 3.15. The van der Waals surface area contributed by atoms with Crippen LogP contribution in [-0.2, 0) is 9.59 Å². The number of carbonyl (C=O) groups is 2. The van der Waals surface area contributed by atoms with E-state index in [1.165, 1.54) is 14.2 Å². The average molecular weight is 223 g/mol. The van der Waals surface area contributed by atoms with Gasteiger partial charge in [0.1, 0.15) is 11.5 Å². The third kappa shape index (κ3) is 2.50. The minimum absolute atomic E-state index is 0.211. The molecule has 0 saturated carbocycles. The van der Waals surface area contributed by atoms with E-state index in [2.05, 4.69) is 5.32 Å². The minimum atomic E-state index is -0.716. The highest BCUT2D eigenvalue weighted by Gasteiger charge is 2.11. The van der Waals surface area contributed by atoms with E-state index in [0.717, 1.165) is 5.56 Å². The van der Waals surface area contributed by atoms with Gasteiger partial charge in [0, 0.05) is 6.07 Å². The first-order valence-electron chi connectivity index (χ1n) is 4.61. The van der Waals surface area contributed by atoms with Gasteiger partial charge in [-0.25, -0.2) is 0 Å². The molecule has 0 aliphatic carbocycles. The maximum Gasteiger partial charge on any atom is 0.288 e. The zero-order valence-corrected chi connectivity index (χ0v) is 9.37. The standard InChI is InChI=1S/C11H13NO4/c1-7-4-8(15-2)5-9(16-3)11(7)12-10(14)6-13/h4-6H,1-3H3,(H,12,14). The SMILES string of the molecule is COc1cc(C)c(NC(=O)C=O)c(OC)c1. The monoisotopic (exact) mass is 223 g/mol. The number of aryl methyl sites for hydroxylation is 1. The number of aldehydes is 1. The highest BCUT2D eigenvalue weighted by molar-refractivity contribution is 6.29. The summed E-state index contributed by atoms with van der Waals surface area (Å²) in [5.41, 5.74) is 1.23. The van der Waals surface area contributed by atoms with Crippen LogP contribution in [0.2, 0.25) is 0 Å². The Morgan fingerprint density at radius 3 is 2.50 bits per heavy atom. The second-order valence-electron chi connectivity index (χ2n) is 3.13. The van der Waals surface area contributed by atoms with E-state index in [9.17, 15) is 9.59 Å². The highest BCUT2D eigenvalue weighted by Crippen LogP contribution is 2.32. The fraction of sp³-hybridized carbons (Fsp3) is 0.273. The fourth-order valence-corrected chi connectivity index (χ4v) is 1.31. The van der Waals surface area contributed by atoms with Gasteiger partial charge in [-0.05, 0) is 18.6 Å². The molecule has 1 amide bonds. The molecule has 0 spiro atoms. The molecule has 0 aromatic heterocycles. The van der Waals surface area contributed by atoms with Gasteiger partial charge in [0.25, 0.3) is 5.91 Å². The second kappa shape index (κ2) is 5.16. The van der Waals surface area contributed by atoms with Crippen LogP contribution in [0.15, 0.2) is 12.1 Å². The van der Waals surface area contributed by atoms with Crippen molar-refractivity contribution in [1.29, 1.82) is 0 Å². The largest absolute Gasteiger partial charge is 0.497 e. The topological polar surface area (TPSA) is 64.6 Å². The molecule has 0 unspecified atom stereocenters. The van der Waals surface area contributed by atoms with Gasteiger partial charge in [0.05, 0.1) is 19.9 Å². The van der Waals surface area contributed by atoms with E-state index in [0.29, 0.717) is 17.2 Å². The van der Waals surface area contributed by atoms with Crippen molar-refractivity contribution in [3.8, 4) is 11.5 Å². The highest BCUT2D eigenvalue weighted by atomic mass is 16.5. The third-order valence-electron chi connectivity index (χ3n) is 2.08. The first-order chi connectivity index (χ1) is 7.62. The number of methoxy groups -OCH3 is 2. The first-order valence-corrected chi connectivity index (χ1v) is 4.61. The molecule has 1 rings (SSSR count). The second-order valence-corrected chi connectivity index (χ2v) is 3.13. The maximum absolute atomic E-state index is 11.0. The van der Waals surface area contributed by atoms with Crippen LogP contribution < -0.4 is 14.8 Å². The fourth-order valence-electron chi connectivity index (χ4n) is 1.31. The van der Waals surface area contributed by atoms with E-state index in [4.69, 9.17) is 9.47 Å². The van der Waals surface area contributed by atoms with Crippen molar-refractivity contribution < 1.29 is 19.1 Å². The molecule has 0 aliphatic rings. The van der Waals surface area contributed by atoms with Crippen molar-refractivity contribution in [2.75, 3.05) is 19.5 Å². The van der Waals surface area contributed by atoms with Gasteiger partial charge >= 0.3 is 0 Å². The Labute approximate surface area is 93.4 Å². The predicted molar refractivity (Wildman–Crippen MR) is 59.0 cm³/mol. The number of hydrogen-bond donors (Lipinski definition) is 1. The van der Waals surface area contributed by atoms with Crippen molar-refractivity contribution in [3.05, 3.63) is 17.7 Å². The lowest BCUT2D eigenvalue weighted by Gasteiger charge is -2.13. The zero-order valence-electron chi connectivity index (χ0n) is 9.37. The van der Waals surface area contributed by atoms with Crippen LogP contribution in [0.5, 0.6) is 11.5 Å². The van der Waals surface area contributed by atoms with Crippen LogP contribution in [0.25, 0.3) is 0 Å². The molecule has 0 bridgehead atoms. The normalized spacial score (nSPS) is 9.44. The molecule has 1 aromatic carbocycles. The Morgan fingerprint density at radius 1 is 1.31 bits per heavy atom. The van der Waals surface area contributed by atoms with Gasteiger partial charge in [-0.2, -0.15) is 0 Å². The molecule has 16 heavy (non-hydrogen) atoms. The summed E-state index contributed by atoms with van der Waals surface area (Å²) in [5, 5.41) is 2.44. The molecule has 5 heteroatoms. The van der Waals surface area contributed by atoms with Crippen LogP contribution in [0.1, 0.15) is 5.56 Å². The molecule has 0 atom stereocenters.